The number of rotatable bonds is 4. The van der Waals surface area contributed by atoms with Crippen molar-refractivity contribution in [3.63, 3.8) is 0 Å². The summed E-state index contributed by atoms with van der Waals surface area (Å²) in [6.07, 6.45) is 0.795. The van der Waals surface area contributed by atoms with Crippen molar-refractivity contribution in [1.82, 2.24) is 9.80 Å². The van der Waals surface area contributed by atoms with Crippen LogP contribution in [0.15, 0.2) is 66.7 Å². The van der Waals surface area contributed by atoms with Gasteiger partial charge in [-0.25, -0.2) is 9.69 Å². The molecule has 6 rings (SSSR count). The van der Waals surface area contributed by atoms with Gasteiger partial charge in [0.25, 0.3) is 11.6 Å². The van der Waals surface area contributed by atoms with Gasteiger partial charge in [-0.1, -0.05) is 48.5 Å². The van der Waals surface area contributed by atoms with E-state index >= 15 is 0 Å². The van der Waals surface area contributed by atoms with Crippen LogP contribution in [0.4, 0.5) is 16.2 Å². The van der Waals surface area contributed by atoms with Gasteiger partial charge >= 0.3 is 6.03 Å². The molecule has 0 radical (unpaired) electrons. The Morgan fingerprint density at radius 1 is 0.938 bits per heavy atom. The average Bonchev–Trinajstić information content (AvgIpc) is 3.45. The van der Waals surface area contributed by atoms with Crippen LogP contribution in [0.5, 0.6) is 0 Å². The summed E-state index contributed by atoms with van der Waals surface area (Å²) in [5.41, 5.74) is 1.55. The molecule has 8 nitrogen and oxygen atoms in total. The number of nitro benzene ring substituents is 1. The van der Waals surface area contributed by atoms with E-state index in [-0.39, 0.29) is 29.7 Å². The molecule has 3 fully saturated rings. The van der Waals surface area contributed by atoms with Gasteiger partial charge in [-0.2, -0.15) is 0 Å². The number of piperazine rings is 1. The topological polar surface area (TPSA) is 87.0 Å². The van der Waals surface area contributed by atoms with Gasteiger partial charge in [0.1, 0.15) is 6.04 Å². The van der Waals surface area contributed by atoms with Crippen LogP contribution in [-0.4, -0.2) is 51.3 Å². The number of nitrogens with zero attached hydrogens (tertiary/aromatic N) is 4. The van der Waals surface area contributed by atoms with Gasteiger partial charge in [-0.05, 0) is 24.1 Å². The molecule has 3 aromatic carbocycles. The average molecular weight is 428 g/mol. The zero-order valence-electron chi connectivity index (χ0n) is 17.1. The quantitative estimate of drug-likeness (QED) is 0.360. The largest absolute Gasteiger partial charge is 0.332 e. The summed E-state index contributed by atoms with van der Waals surface area (Å²) in [6.45, 7) is 1.48. The Labute approximate surface area is 183 Å². The number of anilines is 1. The predicted octanol–water partition coefficient (Wildman–Crippen LogP) is 3.54. The number of hydrogen-bond acceptors (Lipinski definition) is 5. The van der Waals surface area contributed by atoms with Crippen molar-refractivity contribution >= 4 is 34.1 Å². The molecule has 3 aliphatic heterocycles. The van der Waals surface area contributed by atoms with Gasteiger partial charge in [0.15, 0.2) is 0 Å². The highest BCUT2D eigenvalue weighted by Gasteiger charge is 2.62. The molecule has 2 bridgehead atoms. The Bertz CT molecular complexity index is 1280. The van der Waals surface area contributed by atoms with E-state index in [0.717, 1.165) is 19.5 Å². The predicted molar refractivity (Wildman–Crippen MR) is 118 cm³/mol. The van der Waals surface area contributed by atoms with E-state index in [2.05, 4.69) is 17.0 Å². The Morgan fingerprint density at radius 2 is 1.66 bits per heavy atom. The van der Waals surface area contributed by atoms with Gasteiger partial charge < -0.3 is 4.90 Å². The molecule has 160 valence electrons. The molecule has 3 atom stereocenters. The van der Waals surface area contributed by atoms with Crippen molar-refractivity contribution in [3.8, 4) is 0 Å². The first-order chi connectivity index (χ1) is 15.5. The molecule has 8 heteroatoms. The molecule has 3 aliphatic rings. The number of likely N-dealkylation sites (tertiary alicyclic amines) is 1. The van der Waals surface area contributed by atoms with Crippen molar-refractivity contribution < 1.29 is 14.5 Å². The summed E-state index contributed by atoms with van der Waals surface area (Å²) in [5.74, 6) is -0.251. The highest BCUT2D eigenvalue weighted by Crippen LogP contribution is 2.44. The number of nitro groups is 1. The lowest BCUT2D eigenvalue weighted by atomic mass is 10.0. The van der Waals surface area contributed by atoms with E-state index in [0.29, 0.717) is 16.5 Å². The highest BCUT2D eigenvalue weighted by molar-refractivity contribution is 6.25. The molecular weight excluding hydrogens is 408 g/mol. The molecule has 2 unspecified atom stereocenters. The molecule has 0 saturated carbocycles. The number of amides is 3. The summed E-state index contributed by atoms with van der Waals surface area (Å²) in [7, 11) is 0. The van der Waals surface area contributed by atoms with Crippen LogP contribution in [0, 0.1) is 10.1 Å². The van der Waals surface area contributed by atoms with Crippen LogP contribution in [0.3, 0.4) is 0 Å². The van der Waals surface area contributed by atoms with E-state index in [9.17, 15) is 19.7 Å². The number of imide groups is 1. The van der Waals surface area contributed by atoms with Crippen molar-refractivity contribution in [1.29, 1.82) is 0 Å². The van der Waals surface area contributed by atoms with Crippen LogP contribution in [0.1, 0.15) is 12.0 Å². The standard InChI is InChI=1S/C24H20N4O4/c29-23-22-21-12-16(14-25(21)13-15-6-2-1-3-7-15)26(22)24(30)27(23)19-10-11-20(28(31)32)18-9-5-4-8-17(18)19/h1-11,16,21-22H,12-14H2/t16?,21?,22-/m1/s1. The van der Waals surface area contributed by atoms with Gasteiger partial charge in [-0.3, -0.25) is 19.8 Å². The highest BCUT2D eigenvalue weighted by atomic mass is 16.6. The molecule has 3 amide bonds. The first-order valence-corrected chi connectivity index (χ1v) is 10.6. The number of hydrogen-bond donors (Lipinski definition) is 0. The summed E-state index contributed by atoms with van der Waals surface area (Å²) in [4.78, 5) is 43.2. The molecular formula is C24H20N4O4. The lowest BCUT2D eigenvalue weighted by Crippen LogP contribution is -2.52. The molecule has 3 saturated heterocycles. The third kappa shape index (κ3) is 2.59. The second-order valence-electron chi connectivity index (χ2n) is 8.59. The van der Waals surface area contributed by atoms with Crippen LogP contribution in [-0.2, 0) is 11.3 Å². The van der Waals surface area contributed by atoms with Crippen LogP contribution >= 0.6 is 0 Å². The monoisotopic (exact) mass is 428 g/mol. The van der Waals surface area contributed by atoms with E-state index < -0.39 is 11.0 Å². The summed E-state index contributed by atoms with van der Waals surface area (Å²) < 4.78 is 0. The van der Waals surface area contributed by atoms with Gasteiger partial charge in [0, 0.05) is 36.6 Å². The fraction of sp³-hybridized carbons (Fsp3) is 0.250. The minimum Gasteiger partial charge on any atom is -0.306 e. The first-order valence-electron chi connectivity index (χ1n) is 10.6. The second-order valence-corrected chi connectivity index (χ2v) is 8.59. The summed E-state index contributed by atoms with van der Waals surface area (Å²) in [6, 6.07) is 19.0. The van der Waals surface area contributed by atoms with E-state index in [1.807, 2.05) is 18.2 Å². The van der Waals surface area contributed by atoms with E-state index in [1.54, 1.807) is 29.2 Å². The van der Waals surface area contributed by atoms with Crippen LogP contribution in [0.2, 0.25) is 0 Å². The fourth-order valence-corrected chi connectivity index (χ4v) is 5.59. The maximum Gasteiger partial charge on any atom is 0.332 e. The molecule has 0 N–H and O–H groups in total. The number of benzene rings is 3. The fourth-order valence-electron chi connectivity index (χ4n) is 5.59. The Hall–Kier alpha value is -3.78. The normalized spacial score (nSPS) is 24.6. The number of fused-ring (bicyclic) bond motifs is 6. The van der Waals surface area contributed by atoms with Crippen LogP contribution in [0.25, 0.3) is 10.8 Å². The van der Waals surface area contributed by atoms with E-state index in [4.69, 9.17) is 0 Å². The zero-order valence-corrected chi connectivity index (χ0v) is 17.1. The molecule has 3 heterocycles. The number of carbonyl (C=O) groups is 2. The molecule has 0 spiro atoms. The number of urea groups is 1. The number of carbonyl (C=O) groups excluding carboxylic acids is 2. The molecule has 0 aromatic heterocycles. The first kappa shape index (κ1) is 18.9. The van der Waals surface area contributed by atoms with Crippen LogP contribution < -0.4 is 4.90 Å². The lowest BCUT2D eigenvalue weighted by Gasteiger charge is -2.34. The Kier molecular flexibility index (Phi) is 4.06. The van der Waals surface area contributed by atoms with Gasteiger partial charge in [0.2, 0.25) is 0 Å². The molecule has 0 aliphatic carbocycles. The minimum absolute atomic E-state index is 0.000486. The van der Waals surface area contributed by atoms with Gasteiger partial charge in [0.05, 0.1) is 16.0 Å². The van der Waals surface area contributed by atoms with Crippen molar-refractivity contribution in [2.24, 2.45) is 0 Å². The van der Waals surface area contributed by atoms with E-state index in [1.165, 1.54) is 22.6 Å². The minimum atomic E-state index is -0.515. The maximum absolute atomic E-state index is 13.6. The van der Waals surface area contributed by atoms with Crippen molar-refractivity contribution in [2.45, 2.75) is 31.1 Å². The van der Waals surface area contributed by atoms with Crippen molar-refractivity contribution in [3.05, 3.63) is 82.4 Å². The third-order valence-corrected chi connectivity index (χ3v) is 6.92. The second kappa shape index (κ2) is 6.86. The van der Waals surface area contributed by atoms with Gasteiger partial charge in [-0.15, -0.1) is 0 Å². The SMILES string of the molecule is O=C1[C@H]2C3CC(CN3Cc3ccccc3)N2C(=O)N1c1ccc([N+](=O)[O-])c2ccccc12. The molecule has 32 heavy (non-hydrogen) atoms. The number of non-ortho nitro benzene ring substituents is 1. The summed E-state index contributed by atoms with van der Waals surface area (Å²) in [5, 5.41) is 12.4. The zero-order chi connectivity index (χ0) is 22.0. The Balaban J connectivity index is 1.36. The Morgan fingerprint density at radius 3 is 2.41 bits per heavy atom. The third-order valence-electron chi connectivity index (χ3n) is 6.92. The molecule has 3 aromatic rings. The summed E-state index contributed by atoms with van der Waals surface area (Å²) >= 11 is 0. The maximum atomic E-state index is 13.6. The lowest BCUT2D eigenvalue weighted by molar-refractivity contribution is -0.383. The van der Waals surface area contributed by atoms with Crippen molar-refractivity contribution in [2.75, 3.05) is 11.4 Å². The smallest absolute Gasteiger partial charge is 0.306 e.